The SMILES string of the molecule is N#Cc1ccccc1C(=O)c1ccccc1CN1CCC1. The van der Waals surface area contributed by atoms with E-state index in [0.717, 1.165) is 25.2 Å². The van der Waals surface area contributed by atoms with Crippen LogP contribution in [0.5, 0.6) is 0 Å². The molecule has 0 radical (unpaired) electrons. The molecule has 1 fully saturated rings. The minimum Gasteiger partial charge on any atom is -0.299 e. The van der Waals surface area contributed by atoms with Crippen molar-refractivity contribution in [3.8, 4) is 6.07 Å². The number of carbonyl (C=O) groups is 1. The van der Waals surface area contributed by atoms with Crippen LogP contribution in [0.25, 0.3) is 0 Å². The topological polar surface area (TPSA) is 44.1 Å². The number of hydrogen-bond donors (Lipinski definition) is 0. The summed E-state index contributed by atoms with van der Waals surface area (Å²) in [5.74, 6) is -0.0664. The van der Waals surface area contributed by atoms with Crippen molar-refractivity contribution in [3.05, 3.63) is 70.8 Å². The Morgan fingerprint density at radius 3 is 2.38 bits per heavy atom. The van der Waals surface area contributed by atoms with Crippen LogP contribution >= 0.6 is 0 Å². The molecular formula is C18H16N2O. The molecule has 21 heavy (non-hydrogen) atoms. The van der Waals surface area contributed by atoms with E-state index in [-0.39, 0.29) is 5.78 Å². The van der Waals surface area contributed by atoms with Crippen molar-refractivity contribution in [2.24, 2.45) is 0 Å². The molecule has 3 rings (SSSR count). The van der Waals surface area contributed by atoms with Gasteiger partial charge in [-0.05, 0) is 37.2 Å². The normalized spacial score (nSPS) is 14.2. The van der Waals surface area contributed by atoms with E-state index in [0.29, 0.717) is 16.7 Å². The predicted octanol–water partition coefficient (Wildman–Crippen LogP) is 2.99. The number of hydrogen-bond acceptors (Lipinski definition) is 3. The van der Waals surface area contributed by atoms with Crippen LogP contribution in [-0.4, -0.2) is 23.8 Å². The lowest BCUT2D eigenvalue weighted by Crippen LogP contribution is -2.36. The predicted molar refractivity (Wildman–Crippen MR) is 80.9 cm³/mol. The molecule has 0 amide bonds. The molecule has 104 valence electrons. The molecule has 1 saturated heterocycles. The van der Waals surface area contributed by atoms with Gasteiger partial charge in [0, 0.05) is 17.7 Å². The summed E-state index contributed by atoms with van der Waals surface area (Å²) in [6.07, 6.45) is 1.23. The first kappa shape index (κ1) is 13.5. The van der Waals surface area contributed by atoms with Crippen LogP contribution in [0.3, 0.4) is 0 Å². The maximum atomic E-state index is 12.8. The largest absolute Gasteiger partial charge is 0.299 e. The Balaban J connectivity index is 1.96. The van der Waals surface area contributed by atoms with Gasteiger partial charge in [-0.25, -0.2) is 0 Å². The lowest BCUT2D eigenvalue weighted by atomic mass is 9.95. The highest BCUT2D eigenvalue weighted by Crippen LogP contribution is 2.20. The molecule has 1 aliphatic heterocycles. The average molecular weight is 276 g/mol. The van der Waals surface area contributed by atoms with Crippen LogP contribution in [-0.2, 0) is 6.54 Å². The molecule has 3 nitrogen and oxygen atoms in total. The van der Waals surface area contributed by atoms with Gasteiger partial charge in [0.25, 0.3) is 0 Å². The fourth-order valence-electron chi connectivity index (χ4n) is 2.58. The molecule has 1 heterocycles. The van der Waals surface area contributed by atoms with Gasteiger partial charge in [-0.3, -0.25) is 9.69 Å². The highest BCUT2D eigenvalue weighted by molar-refractivity contribution is 6.11. The summed E-state index contributed by atoms with van der Waals surface area (Å²) in [6.45, 7) is 2.99. The van der Waals surface area contributed by atoms with Crippen LogP contribution in [0.2, 0.25) is 0 Å². The molecule has 0 N–H and O–H groups in total. The number of benzene rings is 2. The lowest BCUT2D eigenvalue weighted by Gasteiger charge is -2.31. The van der Waals surface area contributed by atoms with Crippen LogP contribution in [0, 0.1) is 11.3 Å². The van der Waals surface area contributed by atoms with Gasteiger partial charge in [0.05, 0.1) is 11.6 Å². The summed E-state index contributed by atoms with van der Waals surface area (Å²) >= 11 is 0. The van der Waals surface area contributed by atoms with Gasteiger partial charge in [0.1, 0.15) is 0 Å². The Labute approximate surface area is 124 Å². The van der Waals surface area contributed by atoms with Crippen molar-refractivity contribution >= 4 is 5.78 Å². The van der Waals surface area contributed by atoms with Gasteiger partial charge in [-0.2, -0.15) is 5.26 Å². The number of likely N-dealkylation sites (tertiary alicyclic amines) is 1. The Morgan fingerprint density at radius 2 is 1.71 bits per heavy atom. The first-order valence-corrected chi connectivity index (χ1v) is 7.13. The molecule has 0 aromatic heterocycles. The molecule has 0 spiro atoms. The fourth-order valence-corrected chi connectivity index (χ4v) is 2.58. The zero-order valence-electron chi connectivity index (χ0n) is 11.7. The third kappa shape index (κ3) is 2.72. The highest BCUT2D eigenvalue weighted by Gasteiger charge is 2.20. The highest BCUT2D eigenvalue weighted by atomic mass is 16.1. The van der Waals surface area contributed by atoms with Crippen molar-refractivity contribution in [2.45, 2.75) is 13.0 Å². The number of carbonyl (C=O) groups excluding carboxylic acids is 1. The van der Waals surface area contributed by atoms with Gasteiger partial charge in [0.2, 0.25) is 0 Å². The first-order chi connectivity index (χ1) is 10.3. The summed E-state index contributed by atoms with van der Waals surface area (Å²) in [5, 5.41) is 9.17. The van der Waals surface area contributed by atoms with Gasteiger partial charge in [-0.1, -0.05) is 36.4 Å². The number of ketones is 1. The van der Waals surface area contributed by atoms with E-state index in [2.05, 4.69) is 11.0 Å². The molecule has 3 heteroatoms. The second-order valence-corrected chi connectivity index (χ2v) is 5.27. The molecular weight excluding hydrogens is 260 g/mol. The van der Waals surface area contributed by atoms with Gasteiger partial charge in [-0.15, -0.1) is 0 Å². The molecule has 0 bridgehead atoms. The average Bonchev–Trinajstić information content (AvgIpc) is 2.50. The zero-order chi connectivity index (χ0) is 14.7. The minimum atomic E-state index is -0.0664. The molecule has 1 aliphatic rings. The lowest BCUT2D eigenvalue weighted by molar-refractivity contribution is 0.103. The van der Waals surface area contributed by atoms with E-state index in [4.69, 9.17) is 5.26 Å². The summed E-state index contributed by atoms with van der Waals surface area (Å²) in [4.78, 5) is 15.1. The second-order valence-electron chi connectivity index (χ2n) is 5.27. The van der Waals surface area contributed by atoms with Crippen molar-refractivity contribution in [3.63, 3.8) is 0 Å². The molecule has 0 atom stereocenters. The minimum absolute atomic E-state index is 0.0664. The Kier molecular flexibility index (Phi) is 3.81. The van der Waals surface area contributed by atoms with Gasteiger partial charge < -0.3 is 0 Å². The maximum absolute atomic E-state index is 12.8. The third-order valence-electron chi connectivity index (χ3n) is 3.90. The number of nitrogens with zero attached hydrogens (tertiary/aromatic N) is 2. The number of rotatable bonds is 4. The quantitative estimate of drug-likeness (QED) is 0.806. The van der Waals surface area contributed by atoms with Crippen molar-refractivity contribution in [2.75, 3.05) is 13.1 Å². The van der Waals surface area contributed by atoms with E-state index in [9.17, 15) is 4.79 Å². The molecule has 0 saturated carbocycles. The van der Waals surface area contributed by atoms with Crippen molar-refractivity contribution < 1.29 is 4.79 Å². The Bertz CT molecular complexity index is 711. The zero-order valence-corrected chi connectivity index (χ0v) is 11.7. The molecule has 0 unspecified atom stereocenters. The number of nitriles is 1. The van der Waals surface area contributed by atoms with E-state index < -0.39 is 0 Å². The monoisotopic (exact) mass is 276 g/mol. The van der Waals surface area contributed by atoms with Gasteiger partial charge >= 0.3 is 0 Å². The second kappa shape index (κ2) is 5.90. The van der Waals surface area contributed by atoms with E-state index in [1.54, 1.807) is 24.3 Å². The van der Waals surface area contributed by atoms with E-state index in [1.165, 1.54) is 6.42 Å². The molecule has 0 aliphatic carbocycles. The first-order valence-electron chi connectivity index (χ1n) is 7.13. The Morgan fingerprint density at radius 1 is 1.05 bits per heavy atom. The summed E-state index contributed by atoms with van der Waals surface area (Å²) in [7, 11) is 0. The Hall–Kier alpha value is -2.44. The standard InChI is InChI=1S/C18H16N2O/c19-12-14-6-1-3-8-16(14)18(21)17-9-4-2-7-15(17)13-20-10-5-11-20/h1-4,6-9H,5,10-11,13H2. The van der Waals surface area contributed by atoms with Crippen LogP contribution < -0.4 is 0 Å². The van der Waals surface area contributed by atoms with Crippen molar-refractivity contribution in [1.29, 1.82) is 5.26 Å². The van der Waals surface area contributed by atoms with Crippen molar-refractivity contribution in [1.82, 2.24) is 4.90 Å². The van der Waals surface area contributed by atoms with Crippen LogP contribution in [0.15, 0.2) is 48.5 Å². The van der Waals surface area contributed by atoms with E-state index >= 15 is 0 Å². The fraction of sp³-hybridized carbons (Fsp3) is 0.222. The third-order valence-corrected chi connectivity index (χ3v) is 3.90. The molecule has 2 aromatic rings. The van der Waals surface area contributed by atoms with Crippen LogP contribution in [0.4, 0.5) is 0 Å². The summed E-state index contributed by atoms with van der Waals surface area (Å²) in [6, 6.07) is 16.8. The van der Waals surface area contributed by atoms with Crippen LogP contribution in [0.1, 0.15) is 33.5 Å². The summed E-state index contributed by atoms with van der Waals surface area (Å²) in [5.41, 5.74) is 2.65. The molecule has 2 aromatic carbocycles. The summed E-state index contributed by atoms with van der Waals surface area (Å²) < 4.78 is 0. The smallest absolute Gasteiger partial charge is 0.194 e. The van der Waals surface area contributed by atoms with Gasteiger partial charge in [0.15, 0.2) is 5.78 Å². The maximum Gasteiger partial charge on any atom is 0.194 e. The van der Waals surface area contributed by atoms with E-state index in [1.807, 2.05) is 24.3 Å².